The summed E-state index contributed by atoms with van der Waals surface area (Å²) in [6, 6.07) is 16.7. The molecule has 1 unspecified atom stereocenters. The molecule has 2 aromatic carbocycles. The average Bonchev–Trinajstić information content (AvgIpc) is 3.23. The number of nitrogens with two attached hydrogens (primary N) is 1. The van der Waals surface area contributed by atoms with E-state index in [9.17, 15) is 9.59 Å². The summed E-state index contributed by atoms with van der Waals surface area (Å²) in [5, 5.41) is 0. The van der Waals surface area contributed by atoms with Crippen LogP contribution in [0.4, 0.5) is 5.69 Å². The summed E-state index contributed by atoms with van der Waals surface area (Å²) >= 11 is 0. The highest BCUT2D eigenvalue weighted by Crippen LogP contribution is 2.37. The van der Waals surface area contributed by atoms with Crippen LogP contribution in [0.15, 0.2) is 59.0 Å². The highest BCUT2D eigenvalue weighted by molar-refractivity contribution is 6.08. The molecule has 1 aromatic heterocycles. The maximum absolute atomic E-state index is 13.1. The molecule has 4 rings (SSSR count). The number of hydrogen-bond acceptors (Lipinski definition) is 4. The Morgan fingerprint density at radius 2 is 1.81 bits per heavy atom. The zero-order valence-corrected chi connectivity index (χ0v) is 14.2. The number of hydrogen-bond donors (Lipinski definition) is 1. The van der Waals surface area contributed by atoms with Crippen LogP contribution in [-0.2, 0) is 4.79 Å². The molecule has 3 aromatic rings. The predicted molar refractivity (Wildman–Crippen MR) is 96.7 cm³/mol. The van der Waals surface area contributed by atoms with Gasteiger partial charge in [-0.3, -0.25) is 9.59 Å². The monoisotopic (exact) mass is 347 g/mol. The van der Waals surface area contributed by atoms with Crippen LogP contribution in [0.5, 0.6) is 0 Å². The van der Waals surface area contributed by atoms with Crippen LogP contribution in [0.25, 0.3) is 11.5 Å². The number of nitrogens with zero attached hydrogens (tertiary/aromatic N) is 2. The molecule has 6 heteroatoms. The lowest BCUT2D eigenvalue weighted by Crippen LogP contribution is -2.33. The highest BCUT2D eigenvalue weighted by Gasteiger charge is 2.37. The van der Waals surface area contributed by atoms with Gasteiger partial charge in [-0.15, -0.1) is 0 Å². The largest absolute Gasteiger partial charge is 0.441 e. The summed E-state index contributed by atoms with van der Waals surface area (Å²) in [6.45, 7) is 1.92. The molecule has 0 fully saturated rings. The van der Waals surface area contributed by atoms with Gasteiger partial charge in [0.1, 0.15) is 5.76 Å². The molecular formula is C20H17N3O3. The van der Waals surface area contributed by atoms with E-state index in [1.54, 1.807) is 11.8 Å². The third-order valence-corrected chi connectivity index (χ3v) is 4.58. The number of aryl methyl sites for hydroxylation is 1. The van der Waals surface area contributed by atoms with Crippen LogP contribution in [0.2, 0.25) is 0 Å². The van der Waals surface area contributed by atoms with E-state index in [0.29, 0.717) is 17.3 Å². The maximum atomic E-state index is 13.1. The highest BCUT2D eigenvalue weighted by atomic mass is 16.4. The number of carbonyl (C=O) groups excluding carboxylic acids is 2. The summed E-state index contributed by atoms with van der Waals surface area (Å²) in [5.41, 5.74) is 8.00. The number of anilines is 1. The first kappa shape index (κ1) is 16.1. The summed E-state index contributed by atoms with van der Waals surface area (Å²) in [6.07, 6.45) is 0. The fourth-order valence-corrected chi connectivity index (χ4v) is 3.27. The number of amides is 2. The molecule has 0 spiro atoms. The third kappa shape index (κ3) is 2.56. The van der Waals surface area contributed by atoms with E-state index in [2.05, 4.69) is 4.98 Å². The molecule has 0 saturated heterocycles. The van der Waals surface area contributed by atoms with Gasteiger partial charge in [-0.1, -0.05) is 36.4 Å². The Balaban J connectivity index is 1.71. The van der Waals surface area contributed by atoms with E-state index in [-0.39, 0.29) is 18.1 Å². The molecule has 1 aliphatic rings. The molecule has 2 N–H and O–H groups in total. The van der Waals surface area contributed by atoms with Gasteiger partial charge in [0.15, 0.2) is 5.69 Å². The normalized spacial score (nSPS) is 15.7. The fourth-order valence-electron chi connectivity index (χ4n) is 3.27. The maximum Gasteiger partial charge on any atom is 0.280 e. The second-order valence-electron chi connectivity index (χ2n) is 6.22. The number of oxazole rings is 1. The lowest BCUT2D eigenvalue weighted by atomic mass is 10.0. The van der Waals surface area contributed by atoms with Crippen molar-refractivity contribution in [3.05, 3.63) is 71.6 Å². The van der Waals surface area contributed by atoms with Crippen LogP contribution in [0, 0.1) is 6.92 Å². The first-order valence-electron chi connectivity index (χ1n) is 8.29. The standard InChI is InChI=1S/C20H17N3O3/c1-12-17(22-19(26-12)13-7-3-2-4-8-13)20(25)23-11-15(18(21)24)14-9-5-6-10-16(14)23/h2-10,15H,11H2,1H3,(H2,21,24). The molecule has 0 aliphatic carbocycles. The number of primary amides is 1. The molecular weight excluding hydrogens is 330 g/mol. The number of benzene rings is 2. The Morgan fingerprint density at radius 1 is 1.12 bits per heavy atom. The van der Waals surface area contributed by atoms with E-state index in [4.69, 9.17) is 10.2 Å². The van der Waals surface area contributed by atoms with Crippen LogP contribution in [0.3, 0.4) is 0 Å². The molecule has 1 aliphatic heterocycles. The molecule has 2 amide bonds. The molecule has 0 saturated carbocycles. The lowest BCUT2D eigenvalue weighted by Gasteiger charge is -2.16. The van der Waals surface area contributed by atoms with E-state index >= 15 is 0 Å². The van der Waals surface area contributed by atoms with Crippen molar-refractivity contribution >= 4 is 17.5 Å². The molecule has 2 heterocycles. The van der Waals surface area contributed by atoms with Gasteiger partial charge in [-0.25, -0.2) is 4.98 Å². The number of fused-ring (bicyclic) bond motifs is 1. The van der Waals surface area contributed by atoms with Crippen LogP contribution >= 0.6 is 0 Å². The van der Waals surface area contributed by atoms with E-state index in [1.165, 1.54) is 0 Å². The van der Waals surface area contributed by atoms with Crippen LogP contribution in [-0.4, -0.2) is 23.3 Å². The predicted octanol–water partition coefficient (Wildman–Crippen LogP) is 2.88. The van der Waals surface area contributed by atoms with Gasteiger partial charge in [0.25, 0.3) is 5.91 Å². The minimum absolute atomic E-state index is 0.209. The fraction of sp³-hybridized carbons (Fsp3) is 0.150. The van der Waals surface area contributed by atoms with Crippen molar-refractivity contribution in [1.82, 2.24) is 4.98 Å². The number of para-hydroxylation sites is 1. The van der Waals surface area contributed by atoms with Gasteiger partial charge in [-0.2, -0.15) is 0 Å². The van der Waals surface area contributed by atoms with Crippen molar-refractivity contribution in [1.29, 1.82) is 0 Å². The zero-order valence-electron chi connectivity index (χ0n) is 14.2. The van der Waals surface area contributed by atoms with Crippen molar-refractivity contribution in [3.63, 3.8) is 0 Å². The molecule has 0 bridgehead atoms. The van der Waals surface area contributed by atoms with Crippen molar-refractivity contribution < 1.29 is 14.0 Å². The Labute approximate surface area is 150 Å². The first-order chi connectivity index (χ1) is 12.6. The quantitative estimate of drug-likeness (QED) is 0.789. The van der Waals surface area contributed by atoms with Gasteiger partial charge in [0, 0.05) is 17.8 Å². The summed E-state index contributed by atoms with van der Waals surface area (Å²) < 4.78 is 5.69. The Bertz CT molecular complexity index is 995. The van der Waals surface area contributed by atoms with Gasteiger partial charge in [-0.05, 0) is 30.7 Å². The van der Waals surface area contributed by atoms with Crippen LogP contribution in [0.1, 0.15) is 27.7 Å². The first-order valence-corrected chi connectivity index (χ1v) is 8.29. The van der Waals surface area contributed by atoms with Gasteiger partial charge < -0.3 is 15.1 Å². The van der Waals surface area contributed by atoms with E-state index in [1.807, 2.05) is 54.6 Å². The number of carbonyl (C=O) groups is 2. The topological polar surface area (TPSA) is 89.4 Å². The minimum Gasteiger partial charge on any atom is -0.441 e. The third-order valence-electron chi connectivity index (χ3n) is 4.58. The van der Waals surface area contributed by atoms with E-state index in [0.717, 1.165) is 11.1 Å². The molecule has 130 valence electrons. The van der Waals surface area contributed by atoms with Gasteiger partial charge in [0.2, 0.25) is 11.8 Å². The van der Waals surface area contributed by atoms with E-state index < -0.39 is 11.8 Å². The average molecular weight is 347 g/mol. The zero-order chi connectivity index (χ0) is 18.3. The molecule has 26 heavy (non-hydrogen) atoms. The van der Waals surface area contributed by atoms with Gasteiger partial charge >= 0.3 is 0 Å². The van der Waals surface area contributed by atoms with Crippen molar-refractivity contribution in [2.24, 2.45) is 5.73 Å². The van der Waals surface area contributed by atoms with Crippen molar-refractivity contribution in [3.8, 4) is 11.5 Å². The number of rotatable bonds is 3. The lowest BCUT2D eigenvalue weighted by molar-refractivity contribution is -0.119. The Hall–Kier alpha value is -3.41. The molecule has 6 nitrogen and oxygen atoms in total. The van der Waals surface area contributed by atoms with Gasteiger partial charge in [0.05, 0.1) is 5.92 Å². The second-order valence-corrected chi connectivity index (χ2v) is 6.22. The van der Waals surface area contributed by atoms with Crippen molar-refractivity contribution in [2.75, 3.05) is 11.4 Å². The minimum atomic E-state index is -0.518. The summed E-state index contributed by atoms with van der Waals surface area (Å²) in [5.74, 6) is -0.436. The van der Waals surface area contributed by atoms with Crippen LogP contribution < -0.4 is 10.6 Å². The number of aromatic nitrogens is 1. The SMILES string of the molecule is Cc1oc(-c2ccccc2)nc1C(=O)N1CC(C(N)=O)c2ccccc21. The molecule has 0 radical (unpaired) electrons. The Kier molecular flexibility index (Phi) is 3.80. The molecule has 1 atom stereocenters. The summed E-state index contributed by atoms with van der Waals surface area (Å²) in [7, 11) is 0. The Morgan fingerprint density at radius 3 is 2.54 bits per heavy atom. The summed E-state index contributed by atoms with van der Waals surface area (Å²) in [4.78, 5) is 30.8. The smallest absolute Gasteiger partial charge is 0.280 e. The van der Waals surface area contributed by atoms with Crippen molar-refractivity contribution in [2.45, 2.75) is 12.8 Å². The second kappa shape index (κ2) is 6.15.